The van der Waals surface area contributed by atoms with E-state index < -0.39 is 18.1 Å². The van der Waals surface area contributed by atoms with Crippen molar-refractivity contribution >= 4 is 5.69 Å². The van der Waals surface area contributed by atoms with Gasteiger partial charge in [0.1, 0.15) is 0 Å². The molecule has 0 amide bonds. The van der Waals surface area contributed by atoms with Gasteiger partial charge in [0, 0.05) is 12.2 Å². The number of alkyl halides is 3. The van der Waals surface area contributed by atoms with Gasteiger partial charge in [0.15, 0.2) is 6.35 Å². The van der Waals surface area contributed by atoms with Gasteiger partial charge in [-0.1, -0.05) is 18.2 Å². The standard InChI is InChI=1S/C15H14F3N3O/c16-15(17,18)12-4-1-9(2-5-12)10-3-6-13-11(7-10)8-21(19)14(22)20-13/h1-7,14,20,22H,8,19H2. The molecule has 1 aliphatic rings. The quantitative estimate of drug-likeness (QED) is 0.709. The van der Waals surface area contributed by atoms with E-state index in [2.05, 4.69) is 5.32 Å². The third-order valence-electron chi connectivity index (χ3n) is 3.60. The molecule has 1 heterocycles. The summed E-state index contributed by atoms with van der Waals surface area (Å²) < 4.78 is 37.7. The number of aliphatic hydroxyl groups excluding tert-OH is 1. The number of benzene rings is 2. The minimum atomic E-state index is -4.34. The predicted molar refractivity (Wildman–Crippen MR) is 76.2 cm³/mol. The zero-order valence-electron chi connectivity index (χ0n) is 11.4. The molecule has 0 fully saturated rings. The summed E-state index contributed by atoms with van der Waals surface area (Å²) in [7, 11) is 0. The Labute approximate surface area is 124 Å². The largest absolute Gasteiger partial charge is 0.416 e. The second kappa shape index (κ2) is 5.28. The summed E-state index contributed by atoms with van der Waals surface area (Å²) in [5.74, 6) is 5.65. The molecule has 2 aromatic carbocycles. The molecule has 3 rings (SSSR count). The molecular formula is C15H14F3N3O. The first kappa shape index (κ1) is 14.8. The second-order valence-electron chi connectivity index (χ2n) is 5.14. The molecule has 0 spiro atoms. The fourth-order valence-corrected chi connectivity index (χ4v) is 2.40. The van der Waals surface area contributed by atoms with Gasteiger partial charge in [-0.3, -0.25) is 5.84 Å². The van der Waals surface area contributed by atoms with Crippen molar-refractivity contribution in [2.24, 2.45) is 5.84 Å². The van der Waals surface area contributed by atoms with Gasteiger partial charge in [-0.15, -0.1) is 0 Å². The van der Waals surface area contributed by atoms with E-state index in [0.717, 1.165) is 28.9 Å². The lowest BCUT2D eigenvalue weighted by Gasteiger charge is -2.31. The molecule has 2 aromatic rings. The molecule has 1 aliphatic heterocycles. The number of hydrogen-bond acceptors (Lipinski definition) is 4. The Hall–Kier alpha value is -2.09. The van der Waals surface area contributed by atoms with E-state index in [4.69, 9.17) is 5.84 Å². The summed E-state index contributed by atoms with van der Waals surface area (Å²) in [6, 6.07) is 10.4. The molecule has 0 saturated carbocycles. The summed E-state index contributed by atoms with van der Waals surface area (Å²) in [6.45, 7) is 0.345. The van der Waals surface area contributed by atoms with Crippen molar-refractivity contribution < 1.29 is 18.3 Å². The smallest absolute Gasteiger partial charge is 0.360 e. The number of nitrogens with zero attached hydrogens (tertiary/aromatic N) is 1. The molecule has 4 nitrogen and oxygen atoms in total. The van der Waals surface area contributed by atoms with E-state index in [1.807, 2.05) is 6.07 Å². The number of fused-ring (bicyclic) bond motifs is 1. The molecule has 0 radical (unpaired) electrons. The van der Waals surface area contributed by atoms with Gasteiger partial charge in [-0.05, 0) is 41.0 Å². The molecule has 22 heavy (non-hydrogen) atoms. The van der Waals surface area contributed by atoms with Crippen LogP contribution in [0.15, 0.2) is 42.5 Å². The van der Waals surface area contributed by atoms with E-state index in [1.54, 1.807) is 12.1 Å². The highest BCUT2D eigenvalue weighted by atomic mass is 19.4. The number of halogens is 3. The number of anilines is 1. The number of hydrogen-bond donors (Lipinski definition) is 3. The molecule has 1 unspecified atom stereocenters. The lowest BCUT2D eigenvalue weighted by molar-refractivity contribution is -0.137. The Morgan fingerprint density at radius 3 is 2.36 bits per heavy atom. The maximum atomic E-state index is 12.6. The van der Waals surface area contributed by atoms with Gasteiger partial charge < -0.3 is 10.4 Å². The highest BCUT2D eigenvalue weighted by molar-refractivity contribution is 5.69. The zero-order valence-corrected chi connectivity index (χ0v) is 11.4. The monoisotopic (exact) mass is 309 g/mol. The number of hydrazine groups is 1. The van der Waals surface area contributed by atoms with Crippen molar-refractivity contribution in [2.45, 2.75) is 19.1 Å². The van der Waals surface area contributed by atoms with Crippen LogP contribution in [0, 0.1) is 0 Å². The summed E-state index contributed by atoms with van der Waals surface area (Å²) in [5.41, 5.74) is 2.42. The minimum absolute atomic E-state index is 0.345. The highest BCUT2D eigenvalue weighted by Gasteiger charge is 2.30. The average Bonchev–Trinajstić information content (AvgIpc) is 2.47. The van der Waals surface area contributed by atoms with Crippen LogP contribution in [0.1, 0.15) is 11.1 Å². The summed E-state index contributed by atoms with van der Waals surface area (Å²) in [5, 5.41) is 13.7. The topological polar surface area (TPSA) is 61.5 Å². The molecule has 7 heteroatoms. The predicted octanol–water partition coefficient (Wildman–Crippen LogP) is 2.75. The third-order valence-corrected chi connectivity index (χ3v) is 3.60. The van der Waals surface area contributed by atoms with Crippen LogP contribution in [-0.4, -0.2) is 16.5 Å². The lowest BCUT2D eigenvalue weighted by atomic mass is 9.99. The van der Waals surface area contributed by atoms with Gasteiger partial charge in [-0.25, -0.2) is 0 Å². The average molecular weight is 309 g/mol. The minimum Gasteiger partial charge on any atom is -0.360 e. The van der Waals surface area contributed by atoms with Gasteiger partial charge in [0.2, 0.25) is 0 Å². The molecule has 4 N–H and O–H groups in total. The van der Waals surface area contributed by atoms with Gasteiger partial charge in [0.25, 0.3) is 0 Å². The summed E-state index contributed by atoms with van der Waals surface area (Å²) >= 11 is 0. The van der Waals surface area contributed by atoms with E-state index in [1.165, 1.54) is 17.1 Å². The molecule has 0 saturated heterocycles. The van der Waals surface area contributed by atoms with Gasteiger partial charge in [0.05, 0.1) is 5.56 Å². The molecule has 0 aromatic heterocycles. The van der Waals surface area contributed by atoms with Crippen LogP contribution in [0.25, 0.3) is 11.1 Å². The van der Waals surface area contributed by atoms with Crippen molar-refractivity contribution in [3.63, 3.8) is 0 Å². The molecule has 116 valence electrons. The van der Waals surface area contributed by atoms with E-state index in [9.17, 15) is 18.3 Å². The zero-order chi connectivity index (χ0) is 15.9. The fourth-order valence-electron chi connectivity index (χ4n) is 2.40. The number of aliphatic hydroxyl groups is 1. The van der Waals surface area contributed by atoms with Crippen molar-refractivity contribution in [1.82, 2.24) is 5.01 Å². The van der Waals surface area contributed by atoms with Crippen LogP contribution < -0.4 is 11.2 Å². The van der Waals surface area contributed by atoms with E-state index in [0.29, 0.717) is 12.1 Å². The normalized spacial score (nSPS) is 18.7. The van der Waals surface area contributed by atoms with E-state index >= 15 is 0 Å². The SMILES string of the molecule is NN1Cc2cc(-c3ccc(C(F)(F)F)cc3)ccc2NC1O. The van der Waals surface area contributed by atoms with E-state index in [-0.39, 0.29) is 0 Å². The molecule has 0 bridgehead atoms. The van der Waals surface area contributed by atoms with Gasteiger partial charge >= 0.3 is 6.18 Å². The first-order valence-corrected chi connectivity index (χ1v) is 6.61. The van der Waals surface area contributed by atoms with Crippen molar-refractivity contribution in [1.29, 1.82) is 0 Å². The second-order valence-corrected chi connectivity index (χ2v) is 5.14. The highest BCUT2D eigenvalue weighted by Crippen LogP contribution is 2.32. The fraction of sp³-hybridized carbons (Fsp3) is 0.200. The molecule has 0 aliphatic carbocycles. The molecule has 1 atom stereocenters. The maximum Gasteiger partial charge on any atom is 0.416 e. The number of rotatable bonds is 1. The van der Waals surface area contributed by atoms with Gasteiger partial charge in [-0.2, -0.15) is 18.2 Å². The van der Waals surface area contributed by atoms with Crippen molar-refractivity contribution in [3.8, 4) is 11.1 Å². The van der Waals surface area contributed by atoms with Crippen LogP contribution >= 0.6 is 0 Å². The van der Waals surface area contributed by atoms with Crippen LogP contribution in [0.5, 0.6) is 0 Å². The number of nitrogens with one attached hydrogen (secondary N) is 1. The van der Waals surface area contributed by atoms with Crippen molar-refractivity contribution in [3.05, 3.63) is 53.6 Å². The Morgan fingerprint density at radius 2 is 1.73 bits per heavy atom. The van der Waals surface area contributed by atoms with Crippen LogP contribution in [0.4, 0.5) is 18.9 Å². The Kier molecular flexibility index (Phi) is 3.56. The van der Waals surface area contributed by atoms with Crippen LogP contribution in [-0.2, 0) is 12.7 Å². The van der Waals surface area contributed by atoms with Crippen molar-refractivity contribution in [2.75, 3.05) is 5.32 Å². The summed E-state index contributed by atoms with van der Waals surface area (Å²) in [4.78, 5) is 0. The third kappa shape index (κ3) is 2.78. The Bertz CT molecular complexity index is 685. The first-order valence-electron chi connectivity index (χ1n) is 6.61. The lowest BCUT2D eigenvalue weighted by Crippen LogP contribution is -2.48. The Balaban J connectivity index is 1.92. The Morgan fingerprint density at radius 1 is 1.09 bits per heavy atom. The maximum absolute atomic E-state index is 12.6. The first-order chi connectivity index (χ1) is 10.3. The van der Waals surface area contributed by atoms with Crippen LogP contribution in [0.3, 0.4) is 0 Å². The number of nitrogens with two attached hydrogens (primary N) is 1. The summed E-state index contributed by atoms with van der Waals surface area (Å²) in [6.07, 6.45) is -5.29. The van der Waals surface area contributed by atoms with Crippen LogP contribution in [0.2, 0.25) is 0 Å². The molecular weight excluding hydrogens is 295 g/mol.